The molecule has 8 nitrogen and oxygen atoms in total. The topological polar surface area (TPSA) is 84.5 Å². The molecule has 0 saturated carbocycles. The third kappa shape index (κ3) is 3.06. The molecule has 0 unspecified atom stereocenters. The van der Waals surface area contributed by atoms with Gasteiger partial charge in [0.2, 0.25) is 10.0 Å². The highest BCUT2D eigenvalue weighted by molar-refractivity contribution is 7.89. The molecule has 0 aromatic carbocycles. The fourth-order valence-electron chi connectivity index (χ4n) is 2.53. The van der Waals surface area contributed by atoms with E-state index in [1.165, 1.54) is 21.4 Å². The normalized spacial score (nSPS) is 17.9. The third-order valence-corrected chi connectivity index (χ3v) is 5.56. The molecule has 0 amide bonds. The average molecular weight is 325 g/mol. The Hall–Kier alpha value is -1.71. The van der Waals surface area contributed by atoms with Crippen molar-refractivity contribution >= 4 is 10.0 Å². The Labute approximate surface area is 129 Å². The second-order valence-electron chi connectivity index (χ2n) is 5.46. The van der Waals surface area contributed by atoms with Gasteiger partial charge in [0.25, 0.3) is 0 Å². The summed E-state index contributed by atoms with van der Waals surface area (Å²) in [7, 11) is -1.74. The maximum atomic E-state index is 12.5. The van der Waals surface area contributed by atoms with E-state index in [-0.39, 0.29) is 4.90 Å². The molecule has 0 atom stereocenters. The summed E-state index contributed by atoms with van der Waals surface area (Å²) in [4.78, 5) is 2.42. The van der Waals surface area contributed by atoms with Crippen LogP contribution in [0.3, 0.4) is 0 Å². The monoisotopic (exact) mass is 325 g/mol. The van der Waals surface area contributed by atoms with Crippen molar-refractivity contribution in [3.05, 3.63) is 29.9 Å². The van der Waals surface area contributed by atoms with Crippen molar-refractivity contribution in [1.82, 2.24) is 24.1 Å². The van der Waals surface area contributed by atoms with Gasteiger partial charge in [-0.15, -0.1) is 0 Å². The van der Waals surface area contributed by atoms with Gasteiger partial charge in [-0.2, -0.15) is 9.40 Å². The van der Waals surface area contributed by atoms with Gasteiger partial charge >= 0.3 is 0 Å². The van der Waals surface area contributed by atoms with Crippen LogP contribution in [0.5, 0.6) is 0 Å². The summed E-state index contributed by atoms with van der Waals surface area (Å²) < 4.78 is 33.0. The van der Waals surface area contributed by atoms with Gasteiger partial charge in [-0.05, 0) is 6.92 Å². The second-order valence-corrected chi connectivity index (χ2v) is 7.40. The largest absolute Gasteiger partial charge is 0.361 e. The summed E-state index contributed by atoms with van der Waals surface area (Å²) in [5.74, 6) is 0.785. The van der Waals surface area contributed by atoms with Crippen LogP contribution in [0.1, 0.15) is 11.5 Å². The molecule has 0 radical (unpaired) electrons. The van der Waals surface area contributed by atoms with Crippen molar-refractivity contribution in [2.45, 2.75) is 18.4 Å². The number of hydrogen-bond donors (Lipinski definition) is 0. The smallest absolute Gasteiger partial charge is 0.246 e. The molecule has 22 heavy (non-hydrogen) atoms. The summed E-state index contributed by atoms with van der Waals surface area (Å²) in [6.45, 7) is 4.81. The molecule has 2 aromatic heterocycles. The Bertz CT molecular complexity index is 743. The van der Waals surface area contributed by atoms with Crippen molar-refractivity contribution in [1.29, 1.82) is 0 Å². The number of rotatable bonds is 4. The standard InChI is InChI=1S/C13H19N5O3S/c1-11-7-12(15-21-11)9-17-3-5-18(6-4-17)22(19,20)13-8-14-16(2)10-13/h7-8,10H,3-6,9H2,1-2H3. The molecule has 9 heteroatoms. The van der Waals surface area contributed by atoms with Crippen LogP contribution in [0.2, 0.25) is 0 Å². The van der Waals surface area contributed by atoms with Crippen LogP contribution in [0.25, 0.3) is 0 Å². The minimum atomic E-state index is -3.44. The van der Waals surface area contributed by atoms with E-state index in [4.69, 9.17) is 4.52 Å². The molecule has 120 valence electrons. The maximum absolute atomic E-state index is 12.5. The average Bonchev–Trinajstić information content (AvgIpc) is 3.09. The van der Waals surface area contributed by atoms with Crippen LogP contribution in [0, 0.1) is 6.92 Å². The number of hydrogen-bond acceptors (Lipinski definition) is 6. The van der Waals surface area contributed by atoms with Crippen molar-refractivity contribution in [3.63, 3.8) is 0 Å². The lowest BCUT2D eigenvalue weighted by Gasteiger charge is -2.33. The fraction of sp³-hybridized carbons (Fsp3) is 0.538. The molecular formula is C13H19N5O3S. The van der Waals surface area contributed by atoms with E-state index in [9.17, 15) is 8.42 Å². The number of sulfonamides is 1. The molecule has 0 aliphatic carbocycles. The predicted octanol–water partition coefficient (Wildman–Crippen LogP) is 0.223. The molecule has 3 rings (SSSR count). The first kappa shape index (κ1) is 15.2. The van der Waals surface area contributed by atoms with Crippen molar-refractivity contribution in [2.75, 3.05) is 26.2 Å². The van der Waals surface area contributed by atoms with Gasteiger partial charge in [0.15, 0.2) is 0 Å². The summed E-state index contributed by atoms with van der Waals surface area (Å²) >= 11 is 0. The van der Waals surface area contributed by atoms with Crippen LogP contribution in [0.15, 0.2) is 27.9 Å². The highest BCUT2D eigenvalue weighted by Gasteiger charge is 2.29. The van der Waals surface area contributed by atoms with E-state index in [0.29, 0.717) is 32.7 Å². The Morgan fingerprint density at radius 3 is 2.55 bits per heavy atom. The van der Waals surface area contributed by atoms with Crippen molar-refractivity contribution in [2.24, 2.45) is 7.05 Å². The molecular weight excluding hydrogens is 306 g/mol. The molecule has 1 aliphatic rings. The summed E-state index contributed by atoms with van der Waals surface area (Å²) in [5, 5.41) is 7.90. The second kappa shape index (κ2) is 5.82. The van der Waals surface area contributed by atoms with Crippen LogP contribution in [-0.4, -0.2) is 58.7 Å². The minimum Gasteiger partial charge on any atom is -0.361 e. The summed E-state index contributed by atoms with van der Waals surface area (Å²) in [6.07, 6.45) is 2.92. The van der Waals surface area contributed by atoms with Crippen molar-refractivity contribution < 1.29 is 12.9 Å². The summed E-state index contributed by atoms with van der Waals surface area (Å²) in [6, 6.07) is 1.90. The first-order chi connectivity index (χ1) is 10.4. The van der Waals surface area contributed by atoms with Crippen LogP contribution >= 0.6 is 0 Å². The Balaban J connectivity index is 1.61. The number of nitrogens with zero attached hydrogens (tertiary/aromatic N) is 5. The minimum absolute atomic E-state index is 0.246. The van der Waals surface area contributed by atoms with Gasteiger partial charge in [0, 0.05) is 52.0 Å². The van der Waals surface area contributed by atoms with Gasteiger partial charge in [-0.1, -0.05) is 5.16 Å². The van der Waals surface area contributed by atoms with E-state index in [0.717, 1.165) is 11.5 Å². The zero-order valence-electron chi connectivity index (χ0n) is 12.6. The fourth-order valence-corrected chi connectivity index (χ4v) is 3.94. The third-order valence-electron chi connectivity index (χ3n) is 3.71. The van der Waals surface area contributed by atoms with Gasteiger partial charge in [0.05, 0.1) is 11.9 Å². The molecule has 1 saturated heterocycles. The van der Waals surface area contributed by atoms with Gasteiger partial charge in [0.1, 0.15) is 10.7 Å². The lowest BCUT2D eigenvalue weighted by molar-refractivity contribution is 0.177. The lowest BCUT2D eigenvalue weighted by Crippen LogP contribution is -2.48. The van der Waals surface area contributed by atoms with E-state index in [1.807, 2.05) is 13.0 Å². The quantitative estimate of drug-likeness (QED) is 0.800. The van der Waals surface area contributed by atoms with Crippen LogP contribution < -0.4 is 0 Å². The predicted molar refractivity (Wildman–Crippen MR) is 78.5 cm³/mol. The van der Waals surface area contributed by atoms with Gasteiger partial charge in [-0.25, -0.2) is 8.42 Å². The number of piperazine rings is 1. The maximum Gasteiger partial charge on any atom is 0.246 e. The zero-order valence-corrected chi connectivity index (χ0v) is 13.5. The first-order valence-electron chi connectivity index (χ1n) is 7.08. The molecule has 1 aliphatic heterocycles. The van der Waals surface area contributed by atoms with E-state index in [2.05, 4.69) is 15.2 Å². The molecule has 2 aromatic rings. The molecule has 0 spiro atoms. The molecule has 0 bridgehead atoms. The Kier molecular flexibility index (Phi) is 4.02. The number of aryl methyl sites for hydroxylation is 2. The van der Waals surface area contributed by atoms with E-state index >= 15 is 0 Å². The molecule has 0 N–H and O–H groups in total. The van der Waals surface area contributed by atoms with Gasteiger partial charge in [-0.3, -0.25) is 9.58 Å². The Morgan fingerprint density at radius 1 is 1.27 bits per heavy atom. The van der Waals surface area contributed by atoms with Crippen LogP contribution in [0.4, 0.5) is 0 Å². The van der Waals surface area contributed by atoms with Crippen molar-refractivity contribution in [3.8, 4) is 0 Å². The summed E-state index contributed by atoms with van der Waals surface area (Å²) in [5.41, 5.74) is 0.876. The van der Waals surface area contributed by atoms with E-state index in [1.54, 1.807) is 7.05 Å². The Morgan fingerprint density at radius 2 is 2.00 bits per heavy atom. The molecule has 1 fully saturated rings. The van der Waals surface area contributed by atoms with E-state index < -0.39 is 10.0 Å². The number of aromatic nitrogens is 3. The lowest BCUT2D eigenvalue weighted by atomic mass is 10.3. The zero-order chi connectivity index (χ0) is 15.7. The highest BCUT2D eigenvalue weighted by atomic mass is 32.2. The first-order valence-corrected chi connectivity index (χ1v) is 8.52. The van der Waals surface area contributed by atoms with Gasteiger partial charge < -0.3 is 4.52 Å². The highest BCUT2D eigenvalue weighted by Crippen LogP contribution is 2.17. The molecule has 3 heterocycles. The van der Waals surface area contributed by atoms with Crippen LogP contribution in [-0.2, 0) is 23.6 Å². The SMILES string of the molecule is Cc1cc(CN2CCN(S(=O)(=O)c3cnn(C)c3)CC2)no1.